The Bertz CT molecular complexity index is 815. The van der Waals surface area contributed by atoms with Crippen LogP contribution in [0.1, 0.15) is 37.9 Å². The Balaban J connectivity index is 1.79. The van der Waals surface area contributed by atoms with E-state index in [1.54, 1.807) is 16.6 Å². The first kappa shape index (κ1) is 16.6. The van der Waals surface area contributed by atoms with Gasteiger partial charge in [-0.05, 0) is 35.4 Å². The summed E-state index contributed by atoms with van der Waals surface area (Å²) in [4.78, 5) is 13.9. The van der Waals surface area contributed by atoms with Crippen LogP contribution in [0.3, 0.4) is 0 Å². The third-order valence-corrected chi connectivity index (χ3v) is 5.26. The van der Waals surface area contributed by atoms with Crippen molar-refractivity contribution in [1.29, 1.82) is 0 Å². The highest BCUT2D eigenvalue weighted by Crippen LogP contribution is 2.42. The van der Waals surface area contributed by atoms with E-state index in [9.17, 15) is 4.79 Å². The number of amides is 1. The molecule has 1 aliphatic heterocycles. The second-order valence-electron chi connectivity index (χ2n) is 6.57. The molecule has 1 aromatic heterocycles. The second-order valence-corrected chi connectivity index (χ2v) is 6.57. The summed E-state index contributed by atoms with van der Waals surface area (Å²) in [7, 11) is 3.13. The lowest BCUT2D eigenvalue weighted by Crippen LogP contribution is -2.50. The van der Waals surface area contributed by atoms with Crippen LogP contribution >= 0.6 is 0 Å². The number of aromatic nitrogens is 4. The molecule has 0 spiro atoms. The zero-order valence-electron chi connectivity index (χ0n) is 14.8. The number of fused-ring (bicyclic) bond motifs is 1. The minimum absolute atomic E-state index is 0.205. The Kier molecular flexibility index (Phi) is 4.14. The molecule has 9 nitrogen and oxygen atoms in total. The molecular formula is C17H21N5O4. The summed E-state index contributed by atoms with van der Waals surface area (Å²) >= 11 is 0. The number of ether oxygens (including phenoxy) is 3. The predicted molar refractivity (Wildman–Crippen MR) is 90.2 cm³/mol. The van der Waals surface area contributed by atoms with Gasteiger partial charge in [-0.15, -0.1) is 5.10 Å². The van der Waals surface area contributed by atoms with Gasteiger partial charge >= 0.3 is 6.09 Å². The maximum absolute atomic E-state index is 12.3. The van der Waals surface area contributed by atoms with Gasteiger partial charge in [0.2, 0.25) is 6.79 Å². The molecule has 2 aromatic rings. The zero-order valence-corrected chi connectivity index (χ0v) is 14.8. The van der Waals surface area contributed by atoms with Crippen molar-refractivity contribution in [2.75, 3.05) is 21.0 Å². The summed E-state index contributed by atoms with van der Waals surface area (Å²) in [6, 6.07) is 5.56. The Morgan fingerprint density at radius 1 is 1.23 bits per heavy atom. The van der Waals surface area contributed by atoms with Crippen LogP contribution in [0.4, 0.5) is 4.79 Å². The fourth-order valence-electron chi connectivity index (χ4n) is 3.83. The molecule has 1 aliphatic carbocycles. The first-order valence-electron chi connectivity index (χ1n) is 8.66. The number of hydrogen-bond donors (Lipinski definition) is 0. The highest BCUT2D eigenvalue weighted by atomic mass is 16.7. The number of carbonyl (C=O) groups excluding carboxylic acids is 1. The van der Waals surface area contributed by atoms with Crippen molar-refractivity contribution >= 4 is 6.09 Å². The van der Waals surface area contributed by atoms with Crippen molar-refractivity contribution in [3.05, 3.63) is 24.0 Å². The number of rotatable bonds is 3. The van der Waals surface area contributed by atoms with Crippen LogP contribution in [0.25, 0.3) is 5.69 Å². The number of benzene rings is 1. The normalized spacial score (nSPS) is 17.8. The molecule has 138 valence electrons. The maximum Gasteiger partial charge on any atom is 0.410 e. The number of carbonyl (C=O) groups is 1. The lowest BCUT2D eigenvalue weighted by molar-refractivity contribution is 0.0472. The van der Waals surface area contributed by atoms with Gasteiger partial charge in [-0.25, -0.2) is 4.79 Å². The van der Waals surface area contributed by atoms with Crippen molar-refractivity contribution in [1.82, 2.24) is 25.1 Å². The largest absolute Gasteiger partial charge is 0.454 e. The standard InChI is InChI=1S/C17H21N5O4/c1-21(16(23)24-2)17(8-4-3-5-9-17)15-18-19-20-22(15)12-6-7-13-14(10-12)26-11-25-13/h6-7,10H,3-5,8-9,11H2,1-2H3. The summed E-state index contributed by atoms with van der Waals surface area (Å²) in [5, 5.41) is 12.4. The molecule has 4 rings (SSSR count). The molecule has 0 bridgehead atoms. The molecule has 26 heavy (non-hydrogen) atoms. The molecule has 2 heterocycles. The van der Waals surface area contributed by atoms with Crippen molar-refractivity contribution < 1.29 is 19.0 Å². The minimum atomic E-state index is -0.606. The molecule has 2 aliphatic rings. The van der Waals surface area contributed by atoms with Crippen LogP contribution in [0, 0.1) is 0 Å². The van der Waals surface area contributed by atoms with Gasteiger partial charge in [0.25, 0.3) is 0 Å². The van der Waals surface area contributed by atoms with E-state index < -0.39 is 11.6 Å². The third-order valence-electron chi connectivity index (χ3n) is 5.26. The van der Waals surface area contributed by atoms with Gasteiger partial charge in [0.05, 0.1) is 12.8 Å². The van der Waals surface area contributed by atoms with E-state index in [1.807, 2.05) is 18.2 Å². The third kappa shape index (κ3) is 2.54. The number of nitrogens with zero attached hydrogens (tertiary/aromatic N) is 5. The molecule has 0 N–H and O–H groups in total. The van der Waals surface area contributed by atoms with Crippen molar-refractivity contribution in [3.63, 3.8) is 0 Å². The summed E-state index contributed by atoms with van der Waals surface area (Å²) < 4.78 is 17.5. The van der Waals surface area contributed by atoms with Crippen LogP contribution in [0.15, 0.2) is 18.2 Å². The fraction of sp³-hybridized carbons (Fsp3) is 0.529. The number of tetrazole rings is 1. The lowest BCUT2D eigenvalue weighted by atomic mass is 9.79. The van der Waals surface area contributed by atoms with Gasteiger partial charge in [0, 0.05) is 13.1 Å². The average Bonchev–Trinajstić information content (AvgIpc) is 3.36. The fourth-order valence-corrected chi connectivity index (χ4v) is 3.83. The van der Waals surface area contributed by atoms with Crippen molar-refractivity contribution in [3.8, 4) is 17.2 Å². The Hall–Kier alpha value is -2.84. The van der Waals surface area contributed by atoms with Gasteiger partial charge in [0.15, 0.2) is 17.3 Å². The maximum atomic E-state index is 12.3. The SMILES string of the molecule is COC(=O)N(C)C1(c2nnnn2-c2ccc3c(c2)OCO3)CCCCC1. The molecular weight excluding hydrogens is 338 g/mol. The monoisotopic (exact) mass is 359 g/mol. The summed E-state index contributed by atoms with van der Waals surface area (Å²) in [5.74, 6) is 1.98. The Labute approximate surface area is 150 Å². The summed E-state index contributed by atoms with van der Waals surface area (Å²) in [5.41, 5.74) is 0.156. The Morgan fingerprint density at radius 3 is 2.77 bits per heavy atom. The quantitative estimate of drug-likeness (QED) is 0.830. The molecule has 0 radical (unpaired) electrons. The van der Waals surface area contributed by atoms with Crippen LogP contribution < -0.4 is 9.47 Å². The van der Waals surface area contributed by atoms with E-state index in [4.69, 9.17) is 14.2 Å². The van der Waals surface area contributed by atoms with E-state index in [0.717, 1.165) is 37.8 Å². The molecule has 0 saturated heterocycles. The molecule has 0 unspecified atom stereocenters. The van der Waals surface area contributed by atoms with Gasteiger partial charge in [-0.1, -0.05) is 19.3 Å². The molecule has 1 aromatic carbocycles. The topological polar surface area (TPSA) is 91.6 Å². The van der Waals surface area contributed by atoms with E-state index in [-0.39, 0.29) is 6.79 Å². The Morgan fingerprint density at radius 2 is 2.00 bits per heavy atom. The number of hydrogen-bond acceptors (Lipinski definition) is 7. The molecule has 1 amide bonds. The van der Waals surface area contributed by atoms with E-state index >= 15 is 0 Å². The van der Waals surface area contributed by atoms with E-state index in [1.165, 1.54) is 7.11 Å². The van der Waals surface area contributed by atoms with Crippen LogP contribution in [-0.4, -0.2) is 52.2 Å². The van der Waals surface area contributed by atoms with Crippen molar-refractivity contribution in [2.24, 2.45) is 0 Å². The smallest absolute Gasteiger partial charge is 0.410 e. The molecule has 0 atom stereocenters. The summed E-state index contributed by atoms with van der Waals surface area (Å²) in [6.45, 7) is 0.205. The lowest BCUT2D eigenvalue weighted by Gasteiger charge is -2.42. The number of methoxy groups -OCH3 is 1. The predicted octanol–water partition coefficient (Wildman–Crippen LogP) is 2.25. The molecule has 1 saturated carbocycles. The average molecular weight is 359 g/mol. The second kappa shape index (κ2) is 6.47. The van der Waals surface area contributed by atoms with Crippen LogP contribution in [0.2, 0.25) is 0 Å². The van der Waals surface area contributed by atoms with Gasteiger partial charge in [-0.3, -0.25) is 4.90 Å². The van der Waals surface area contributed by atoms with E-state index in [2.05, 4.69) is 15.5 Å². The first-order valence-corrected chi connectivity index (χ1v) is 8.66. The molecule has 1 fully saturated rings. The van der Waals surface area contributed by atoms with Gasteiger partial charge in [0.1, 0.15) is 5.54 Å². The minimum Gasteiger partial charge on any atom is -0.454 e. The first-order chi connectivity index (χ1) is 12.7. The highest BCUT2D eigenvalue weighted by molar-refractivity contribution is 5.68. The highest BCUT2D eigenvalue weighted by Gasteiger charge is 2.45. The summed E-state index contributed by atoms with van der Waals surface area (Å²) in [6.07, 6.45) is 4.28. The van der Waals surface area contributed by atoms with Crippen LogP contribution in [-0.2, 0) is 10.3 Å². The van der Waals surface area contributed by atoms with Gasteiger partial charge in [-0.2, -0.15) is 4.68 Å². The zero-order chi connectivity index (χ0) is 18.1. The van der Waals surface area contributed by atoms with E-state index in [0.29, 0.717) is 17.3 Å². The van der Waals surface area contributed by atoms with Gasteiger partial charge < -0.3 is 14.2 Å². The van der Waals surface area contributed by atoms with Crippen molar-refractivity contribution in [2.45, 2.75) is 37.6 Å². The molecule has 9 heteroatoms. The van der Waals surface area contributed by atoms with Crippen LogP contribution in [0.5, 0.6) is 11.5 Å².